The van der Waals surface area contributed by atoms with Crippen LogP contribution in [0, 0.1) is 6.92 Å². The van der Waals surface area contributed by atoms with Gasteiger partial charge in [0, 0.05) is 12.1 Å². The van der Waals surface area contributed by atoms with E-state index in [1.165, 1.54) is 0 Å². The van der Waals surface area contributed by atoms with E-state index >= 15 is 0 Å². The normalized spacial score (nSPS) is 9.83. The molecule has 0 aliphatic rings. The Kier molecular flexibility index (Phi) is 3.91. The Hall–Kier alpha value is -2.36. The smallest absolute Gasteiger partial charge is 0.262 e. The first-order valence-electron chi connectivity index (χ1n) is 5.69. The molecule has 0 aliphatic carbocycles. The summed E-state index contributed by atoms with van der Waals surface area (Å²) < 4.78 is 5.38. The van der Waals surface area contributed by atoms with Gasteiger partial charge < -0.3 is 10.1 Å². The number of pyridine rings is 1. The highest BCUT2D eigenvalue weighted by Gasteiger charge is 2.03. The first-order valence-corrected chi connectivity index (χ1v) is 5.69. The predicted molar refractivity (Wildman–Crippen MR) is 68.3 cm³/mol. The average Bonchev–Trinajstić information content (AvgIpc) is 2.39. The number of hydrogen-bond acceptors (Lipinski definition) is 2. The fourth-order valence-corrected chi connectivity index (χ4v) is 1.45. The lowest BCUT2D eigenvalue weighted by Gasteiger charge is -2.06. The summed E-state index contributed by atoms with van der Waals surface area (Å²) in [5.41, 5.74) is 1.90. The van der Waals surface area contributed by atoms with Crippen molar-refractivity contribution in [1.82, 2.24) is 0 Å². The van der Waals surface area contributed by atoms with Crippen LogP contribution in [0.3, 0.4) is 0 Å². The summed E-state index contributed by atoms with van der Waals surface area (Å²) in [4.78, 5) is 14.5. The van der Waals surface area contributed by atoms with Crippen LogP contribution >= 0.6 is 0 Å². The topological polar surface area (TPSA) is 52.5 Å². The molecule has 2 aromatic rings. The molecule has 0 saturated carbocycles. The molecule has 4 heteroatoms. The van der Waals surface area contributed by atoms with Crippen LogP contribution in [0.15, 0.2) is 48.8 Å². The van der Waals surface area contributed by atoms with Crippen molar-refractivity contribution in [3.05, 3.63) is 54.4 Å². The molecule has 1 heterocycles. The third-order valence-electron chi connectivity index (χ3n) is 2.39. The molecule has 1 aromatic heterocycles. The Bertz CT molecular complexity index is 509. The first-order chi connectivity index (χ1) is 8.74. The largest absolute Gasteiger partial charge is 0.484 e. The van der Waals surface area contributed by atoms with Gasteiger partial charge >= 0.3 is 0 Å². The summed E-state index contributed by atoms with van der Waals surface area (Å²) in [7, 11) is 0. The van der Waals surface area contributed by atoms with Crippen molar-refractivity contribution in [1.29, 1.82) is 0 Å². The zero-order chi connectivity index (χ0) is 12.8. The number of ether oxygens (including phenoxy) is 1. The molecule has 0 atom stereocenters. The van der Waals surface area contributed by atoms with Crippen LogP contribution in [0.1, 0.15) is 5.56 Å². The molecular formula is C14H15N2O2+. The van der Waals surface area contributed by atoms with Crippen LogP contribution in [0.25, 0.3) is 0 Å². The van der Waals surface area contributed by atoms with E-state index in [0.29, 0.717) is 5.75 Å². The number of aromatic amines is 1. The van der Waals surface area contributed by atoms with E-state index in [1.807, 2.05) is 31.2 Å². The molecule has 0 aliphatic heterocycles. The number of carbonyl (C=O) groups excluding carboxylic acids is 1. The van der Waals surface area contributed by atoms with Gasteiger partial charge in [-0.2, -0.15) is 0 Å². The maximum absolute atomic E-state index is 11.6. The summed E-state index contributed by atoms with van der Waals surface area (Å²) in [5, 5.41) is 2.74. The lowest BCUT2D eigenvalue weighted by Crippen LogP contribution is -2.20. The first kappa shape index (κ1) is 12.1. The van der Waals surface area contributed by atoms with Gasteiger partial charge in [-0.3, -0.25) is 4.79 Å². The van der Waals surface area contributed by atoms with Crippen molar-refractivity contribution < 1.29 is 14.5 Å². The van der Waals surface area contributed by atoms with E-state index < -0.39 is 0 Å². The Labute approximate surface area is 106 Å². The third-order valence-corrected chi connectivity index (χ3v) is 2.39. The maximum Gasteiger partial charge on any atom is 0.262 e. The highest BCUT2D eigenvalue weighted by Crippen LogP contribution is 2.11. The zero-order valence-electron chi connectivity index (χ0n) is 10.1. The molecule has 4 nitrogen and oxygen atoms in total. The number of rotatable bonds is 4. The average molecular weight is 243 g/mol. The second kappa shape index (κ2) is 5.82. The van der Waals surface area contributed by atoms with Crippen LogP contribution < -0.4 is 15.0 Å². The van der Waals surface area contributed by atoms with E-state index in [1.54, 1.807) is 24.5 Å². The van der Waals surface area contributed by atoms with Crippen molar-refractivity contribution in [2.75, 3.05) is 11.9 Å². The van der Waals surface area contributed by atoms with Gasteiger partial charge in [-0.15, -0.1) is 0 Å². The molecular weight excluding hydrogens is 228 g/mol. The summed E-state index contributed by atoms with van der Waals surface area (Å²) in [6.07, 6.45) is 3.49. The van der Waals surface area contributed by atoms with Crippen LogP contribution in [0.2, 0.25) is 0 Å². The van der Waals surface area contributed by atoms with Gasteiger partial charge in [0.15, 0.2) is 19.0 Å². The van der Waals surface area contributed by atoms with Gasteiger partial charge in [0.05, 0.1) is 5.69 Å². The minimum absolute atomic E-state index is 0.00166. The lowest BCUT2D eigenvalue weighted by molar-refractivity contribution is -0.377. The van der Waals surface area contributed by atoms with Crippen LogP contribution in [-0.2, 0) is 4.79 Å². The number of amides is 1. The standard InChI is InChI=1S/C14H14N2O2/c1-11-2-4-13(5-3-11)18-10-14(17)16-12-6-8-15-9-7-12/h2-9H,10H2,1H3,(H,15,16,17)/p+1. The van der Waals surface area contributed by atoms with E-state index in [-0.39, 0.29) is 12.5 Å². The Balaban J connectivity index is 1.83. The monoisotopic (exact) mass is 243 g/mol. The fourth-order valence-electron chi connectivity index (χ4n) is 1.45. The van der Waals surface area contributed by atoms with Crippen molar-refractivity contribution >= 4 is 11.6 Å². The highest BCUT2D eigenvalue weighted by molar-refractivity contribution is 5.91. The molecule has 2 N–H and O–H groups in total. The highest BCUT2D eigenvalue weighted by atomic mass is 16.5. The van der Waals surface area contributed by atoms with Crippen molar-refractivity contribution in [2.45, 2.75) is 6.92 Å². The SMILES string of the molecule is Cc1ccc(OCC(=O)Nc2cc[nH+]cc2)cc1. The summed E-state index contributed by atoms with van der Waals surface area (Å²) in [6, 6.07) is 11.1. The molecule has 0 bridgehead atoms. The Morgan fingerprint density at radius 3 is 2.50 bits per heavy atom. The summed E-state index contributed by atoms with van der Waals surface area (Å²) in [6.45, 7) is 2.00. The molecule has 0 unspecified atom stereocenters. The van der Waals surface area contributed by atoms with Crippen LogP contribution in [0.5, 0.6) is 5.75 Å². The van der Waals surface area contributed by atoms with Crippen LogP contribution in [-0.4, -0.2) is 12.5 Å². The molecule has 0 fully saturated rings. The number of H-pyrrole nitrogens is 1. The van der Waals surface area contributed by atoms with Gasteiger partial charge in [-0.25, -0.2) is 4.98 Å². The van der Waals surface area contributed by atoms with Gasteiger partial charge in [-0.05, 0) is 19.1 Å². The Morgan fingerprint density at radius 2 is 1.83 bits per heavy atom. The molecule has 1 aromatic carbocycles. The molecule has 0 spiro atoms. The minimum atomic E-state index is -0.179. The zero-order valence-corrected chi connectivity index (χ0v) is 10.1. The second-order valence-electron chi connectivity index (χ2n) is 3.94. The van der Waals surface area contributed by atoms with Gasteiger partial charge in [0.1, 0.15) is 5.75 Å². The van der Waals surface area contributed by atoms with Crippen LogP contribution in [0.4, 0.5) is 5.69 Å². The predicted octanol–water partition coefficient (Wildman–Crippen LogP) is 1.83. The van der Waals surface area contributed by atoms with Gasteiger partial charge in [0.2, 0.25) is 0 Å². The molecule has 2 rings (SSSR count). The van der Waals surface area contributed by atoms with Gasteiger partial charge in [-0.1, -0.05) is 17.7 Å². The number of benzene rings is 1. The van der Waals surface area contributed by atoms with Gasteiger partial charge in [0.25, 0.3) is 5.91 Å². The number of anilines is 1. The van der Waals surface area contributed by atoms with Crippen molar-refractivity contribution in [3.63, 3.8) is 0 Å². The van der Waals surface area contributed by atoms with E-state index in [4.69, 9.17) is 4.74 Å². The minimum Gasteiger partial charge on any atom is -0.484 e. The van der Waals surface area contributed by atoms with Crippen molar-refractivity contribution in [3.8, 4) is 5.75 Å². The molecule has 0 radical (unpaired) electrons. The summed E-state index contributed by atoms with van der Waals surface area (Å²) in [5.74, 6) is 0.513. The Morgan fingerprint density at radius 1 is 1.17 bits per heavy atom. The summed E-state index contributed by atoms with van der Waals surface area (Å²) >= 11 is 0. The fraction of sp³-hybridized carbons (Fsp3) is 0.143. The lowest BCUT2D eigenvalue weighted by atomic mass is 10.2. The quantitative estimate of drug-likeness (QED) is 0.890. The number of carbonyl (C=O) groups is 1. The molecule has 1 amide bonds. The number of hydrogen-bond donors (Lipinski definition) is 1. The number of aryl methyl sites for hydroxylation is 1. The number of nitrogens with one attached hydrogen (secondary N) is 2. The van der Waals surface area contributed by atoms with E-state index in [0.717, 1.165) is 11.3 Å². The third kappa shape index (κ3) is 3.59. The second-order valence-corrected chi connectivity index (χ2v) is 3.94. The molecule has 92 valence electrons. The maximum atomic E-state index is 11.6. The van der Waals surface area contributed by atoms with Crippen molar-refractivity contribution in [2.24, 2.45) is 0 Å². The number of aromatic nitrogens is 1. The molecule has 18 heavy (non-hydrogen) atoms. The van der Waals surface area contributed by atoms with E-state index in [2.05, 4.69) is 10.3 Å². The van der Waals surface area contributed by atoms with E-state index in [9.17, 15) is 4.79 Å². The molecule has 0 saturated heterocycles.